The number of benzene rings is 1. The summed E-state index contributed by atoms with van der Waals surface area (Å²) in [4.78, 5) is 2.30. The van der Waals surface area contributed by atoms with Crippen LogP contribution in [0.2, 0.25) is 5.02 Å². The van der Waals surface area contributed by atoms with E-state index in [1.54, 1.807) is 0 Å². The normalized spacial score (nSPS) is 26.1. The predicted octanol–water partition coefficient (Wildman–Crippen LogP) is 1.92. The molecule has 2 atom stereocenters. The van der Waals surface area contributed by atoms with Crippen molar-refractivity contribution in [1.82, 2.24) is 4.90 Å². The second kappa shape index (κ2) is 5.83. The Hall–Kier alpha value is -0.610. The molecule has 3 nitrogen and oxygen atoms in total. The van der Waals surface area contributed by atoms with Gasteiger partial charge in [-0.15, -0.1) is 0 Å². The molecular formula is C13H18ClNO2. The monoisotopic (exact) mass is 255 g/mol. The lowest BCUT2D eigenvalue weighted by atomic mass is 10.1. The molecule has 0 aromatic heterocycles. The molecular weight excluding hydrogens is 238 g/mol. The molecule has 2 rings (SSSR count). The van der Waals surface area contributed by atoms with E-state index in [1.807, 2.05) is 31.2 Å². The Morgan fingerprint density at radius 3 is 2.71 bits per heavy atom. The van der Waals surface area contributed by atoms with Crippen LogP contribution in [0.15, 0.2) is 24.3 Å². The van der Waals surface area contributed by atoms with Crippen LogP contribution in [-0.4, -0.2) is 41.9 Å². The summed E-state index contributed by atoms with van der Waals surface area (Å²) >= 11 is 5.86. The molecule has 2 unspecified atom stereocenters. The molecule has 0 saturated carbocycles. The van der Waals surface area contributed by atoms with Crippen LogP contribution >= 0.6 is 11.6 Å². The fraction of sp³-hybridized carbons (Fsp3) is 0.538. The van der Waals surface area contributed by atoms with E-state index >= 15 is 0 Å². The maximum Gasteiger partial charge on any atom is 0.0936 e. The van der Waals surface area contributed by atoms with E-state index in [0.717, 1.165) is 24.7 Å². The smallest absolute Gasteiger partial charge is 0.0936 e. The van der Waals surface area contributed by atoms with E-state index in [2.05, 4.69) is 4.90 Å². The summed E-state index contributed by atoms with van der Waals surface area (Å²) in [6, 6.07) is 7.89. The van der Waals surface area contributed by atoms with E-state index < -0.39 is 0 Å². The lowest BCUT2D eigenvalue weighted by Crippen LogP contribution is -2.47. The van der Waals surface area contributed by atoms with Gasteiger partial charge in [0.05, 0.1) is 18.8 Å². The number of ether oxygens (including phenoxy) is 1. The summed E-state index contributed by atoms with van der Waals surface area (Å²) in [6.45, 7) is 4.68. The Labute approximate surface area is 107 Å². The zero-order valence-electron chi connectivity index (χ0n) is 9.97. The number of morpholine rings is 1. The van der Waals surface area contributed by atoms with E-state index in [-0.39, 0.29) is 18.8 Å². The largest absolute Gasteiger partial charge is 0.394 e. The first kappa shape index (κ1) is 12.8. The lowest BCUT2D eigenvalue weighted by molar-refractivity contribution is -0.0972. The van der Waals surface area contributed by atoms with Gasteiger partial charge in [0.15, 0.2) is 0 Å². The van der Waals surface area contributed by atoms with Crippen LogP contribution in [0.1, 0.15) is 12.5 Å². The van der Waals surface area contributed by atoms with Crippen LogP contribution < -0.4 is 0 Å². The van der Waals surface area contributed by atoms with Crippen molar-refractivity contribution in [3.05, 3.63) is 34.9 Å². The molecule has 1 aliphatic rings. The molecule has 1 aliphatic heterocycles. The molecule has 17 heavy (non-hydrogen) atoms. The predicted molar refractivity (Wildman–Crippen MR) is 68.1 cm³/mol. The first-order chi connectivity index (χ1) is 8.17. The van der Waals surface area contributed by atoms with Crippen LogP contribution in [0.4, 0.5) is 0 Å². The summed E-state index contributed by atoms with van der Waals surface area (Å²) in [7, 11) is 0. The van der Waals surface area contributed by atoms with Crippen molar-refractivity contribution < 1.29 is 9.84 Å². The summed E-state index contributed by atoms with van der Waals surface area (Å²) in [5, 5.41) is 9.92. The molecule has 0 radical (unpaired) electrons. The van der Waals surface area contributed by atoms with E-state index in [0.29, 0.717) is 0 Å². The van der Waals surface area contributed by atoms with Gasteiger partial charge in [0.2, 0.25) is 0 Å². The summed E-state index contributed by atoms with van der Waals surface area (Å²) in [5.74, 6) is 0. The molecule has 1 fully saturated rings. The molecule has 94 valence electrons. The van der Waals surface area contributed by atoms with Crippen LogP contribution in [0.3, 0.4) is 0 Å². The van der Waals surface area contributed by atoms with Crippen LogP contribution in [0.25, 0.3) is 0 Å². The second-order valence-electron chi connectivity index (χ2n) is 4.57. The Morgan fingerprint density at radius 1 is 1.35 bits per heavy atom. The minimum absolute atomic E-state index is 0.0638. The minimum Gasteiger partial charge on any atom is -0.394 e. The first-order valence-corrected chi connectivity index (χ1v) is 6.28. The third kappa shape index (κ3) is 3.68. The molecule has 0 spiro atoms. The Kier molecular flexibility index (Phi) is 4.40. The van der Waals surface area contributed by atoms with Crippen molar-refractivity contribution in [3.63, 3.8) is 0 Å². The lowest BCUT2D eigenvalue weighted by Gasteiger charge is -2.36. The van der Waals surface area contributed by atoms with Crippen LogP contribution in [0.5, 0.6) is 0 Å². The Morgan fingerprint density at radius 2 is 2.06 bits per heavy atom. The van der Waals surface area contributed by atoms with Crippen molar-refractivity contribution in [2.75, 3.05) is 19.7 Å². The van der Waals surface area contributed by atoms with Gasteiger partial charge in [-0.05, 0) is 24.6 Å². The number of rotatable bonds is 3. The van der Waals surface area contributed by atoms with Crippen molar-refractivity contribution in [2.45, 2.75) is 25.7 Å². The molecule has 0 bridgehead atoms. The quantitative estimate of drug-likeness (QED) is 0.896. The minimum atomic E-state index is -0.0638. The van der Waals surface area contributed by atoms with Gasteiger partial charge < -0.3 is 9.84 Å². The van der Waals surface area contributed by atoms with Gasteiger partial charge in [-0.2, -0.15) is 0 Å². The molecule has 1 saturated heterocycles. The van der Waals surface area contributed by atoms with Crippen molar-refractivity contribution in [1.29, 1.82) is 0 Å². The maximum atomic E-state index is 9.16. The van der Waals surface area contributed by atoms with Crippen molar-refractivity contribution >= 4 is 11.6 Å². The average molecular weight is 256 g/mol. The first-order valence-electron chi connectivity index (χ1n) is 5.90. The molecule has 0 amide bonds. The fourth-order valence-electron chi connectivity index (χ4n) is 2.22. The van der Waals surface area contributed by atoms with Gasteiger partial charge in [0.1, 0.15) is 0 Å². The maximum absolute atomic E-state index is 9.16. The molecule has 1 aromatic carbocycles. The van der Waals surface area contributed by atoms with Crippen LogP contribution in [-0.2, 0) is 11.3 Å². The number of hydrogen-bond donors (Lipinski definition) is 1. The molecule has 1 heterocycles. The highest BCUT2D eigenvalue weighted by molar-refractivity contribution is 6.30. The fourth-order valence-corrected chi connectivity index (χ4v) is 2.34. The van der Waals surface area contributed by atoms with Gasteiger partial charge in [-0.1, -0.05) is 23.7 Å². The molecule has 4 heteroatoms. The zero-order chi connectivity index (χ0) is 12.3. The molecule has 0 aliphatic carbocycles. The molecule has 1 aromatic rings. The second-order valence-corrected chi connectivity index (χ2v) is 5.01. The SMILES string of the molecule is CC1CN(Cc2ccc(Cl)cc2)CC(CO)O1. The summed E-state index contributed by atoms with van der Waals surface area (Å²) in [6.07, 6.45) is 0.110. The molecule has 1 N–H and O–H groups in total. The van der Waals surface area contributed by atoms with Gasteiger partial charge in [0, 0.05) is 24.7 Å². The van der Waals surface area contributed by atoms with Gasteiger partial charge in [-0.3, -0.25) is 4.90 Å². The number of aliphatic hydroxyl groups is 1. The third-order valence-corrected chi connectivity index (χ3v) is 3.18. The van der Waals surface area contributed by atoms with Gasteiger partial charge >= 0.3 is 0 Å². The Bertz CT molecular complexity index is 355. The third-order valence-electron chi connectivity index (χ3n) is 2.92. The average Bonchev–Trinajstić information content (AvgIpc) is 2.31. The highest BCUT2D eigenvalue weighted by Gasteiger charge is 2.24. The highest BCUT2D eigenvalue weighted by atomic mass is 35.5. The van der Waals surface area contributed by atoms with Gasteiger partial charge in [0.25, 0.3) is 0 Å². The number of halogens is 1. The van der Waals surface area contributed by atoms with Crippen molar-refractivity contribution in [3.8, 4) is 0 Å². The topological polar surface area (TPSA) is 32.7 Å². The van der Waals surface area contributed by atoms with Crippen LogP contribution in [0, 0.1) is 0 Å². The number of aliphatic hydroxyl groups excluding tert-OH is 1. The number of nitrogens with zero attached hydrogens (tertiary/aromatic N) is 1. The summed E-state index contributed by atoms with van der Waals surface area (Å²) in [5.41, 5.74) is 1.24. The number of hydrogen-bond acceptors (Lipinski definition) is 3. The van der Waals surface area contributed by atoms with E-state index in [1.165, 1.54) is 5.56 Å². The van der Waals surface area contributed by atoms with Gasteiger partial charge in [-0.25, -0.2) is 0 Å². The highest BCUT2D eigenvalue weighted by Crippen LogP contribution is 2.16. The summed E-state index contributed by atoms with van der Waals surface area (Å²) < 4.78 is 5.61. The zero-order valence-corrected chi connectivity index (χ0v) is 10.7. The van der Waals surface area contributed by atoms with E-state index in [4.69, 9.17) is 21.4 Å². The standard InChI is InChI=1S/C13H18ClNO2/c1-10-6-15(8-13(9-16)17-10)7-11-2-4-12(14)5-3-11/h2-5,10,13,16H,6-9H2,1H3. The Balaban J connectivity index is 1.95. The van der Waals surface area contributed by atoms with Crippen molar-refractivity contribution in [2.24, 2.45) is 0 Å². The van der Waals surface area contributed by atoms with E-state index in [9.17, 15) is 0 Å².